The number of aliphatic hydroxyl groups excluding tert-OH is 2. The molecular weight excluding hydrogens is 296 g/mol. The van der Waals surface area contributed by atoms with Gasteiger partial charge < -0.3 is 10.2 Å². The molecule has 6 unspecified atom stereocenters. The SMILES string of the molecule is CC(C1CC(C(C)(C)C)CCC1O)C1CC(C(C)(C)C)CCC1O. The number of hydrogen-bond donors (Lipinski definition) is 2. The van der Waals surface area contributed by atoms with Gasteiger partial charge in [-0.15, -0.1) is 0 Å². The normalized spacial score (nSPS) is 40.4. The topological polar surface area (TPSA) is 40.5 Å². The van der Waals surface area contributed by atoms with Crippen molar-refractivity contribution >= 4 is 0 Å². The Kier molecular flexibility index (Phi) is 6.13. The highest BCUT2D eigenvalue weighted by Crippen LogP contribution is 2.48. The molecule has 0 heterocycles. The molecule has 2 fully saturated rings. The van der Waals surface area contributed by atoms with Crippen LogP contribution in [0, 0.1) is 40.4 Å². The Morgan fingerprint density at radius 1 is 0.667 bits per heavy atom. The molecule has 2 aliphatic rings. The summed E-state index contributed by atoms with van der Waals surface area (Å²) in [6.07, 6.45) is 6.04. The molecule has 0 aromatic heterocycles. The van der Waals surface area contributed by atoms with Crippen molar-refractivity contribution in [2.45, 2.75) is 99.2 Å². The van der Waals surface area contributed by atoms with Crippen molar-refractivity contribution < 1.29 is 10.2 Å². The van der Waals surface area contributed by atoms with Crippen LogP contribution in [0.15, 0.2) is 0 Å². The molecule has 0 spiro atoms. The Bertz CT molecular complexity index is 365. The molecule has 0 aromatic carbocycles. The van der Waals surface area contributed by atoms with E-state index in [4.69, 9.17) is 0 Å². The number of aliphatic hydroxyl groups is 2. The van der Waals surface area contributed by atoms with Crippen molar-refractivity contribution in [3.63, 3.8) is 0 Å². The second-order valence-electron chi connectivity index (χ2n) is 11.1. The van der Waals surface area contributed by atoms with Gasteiger partial charge in [0.25, 0.3) is 0 Å². The number of rotatable bonds is 2. The van der Waals surface area contributed by atoms with Gasteiger partial charge >= 0.3 is 0 Å². The molecule has 2 saturated carbocycles. The van der Waals surface area contributed by atoms with Gasteiger partial charge in [-0.2, -0.15) is 0 Å². The second kappa shape index (κ2) is 7.27. The van der Waals surface area contributed by atoms with E-state index in [1.807, 2.05) is 0 Å². The largest absolute Gasteiger partial charge is 0.393 e. The molecule has 0 amide bonds. The number of hydrogen-bond acceptors (Lipinski definition) is 2. The van der Waals surface area contributed by atoms with Crippen LogP contribution in [0.25, 0.3) is 0 Å². The molecule has 0 bridgehead atoms. The van der Waals surface area contributed by atoms with Crippen molar-refractivity contribution in [3.05, 3.63) is 0 Å². The fraction of sp³-hybridized carbons (Fsp3) is 1.00. The van der Waals surface area contributed by atoms with Crippen LogP contribution >= 0.6 is 0 Å². The smallest absolute Gasteiger partial charge is 0.0571 e. The predicted octanol–water partition coefficient (Wildman–Crippen LogP) is 5.27. The van der Waals surface area contributed by atoms with E-state index in [0.717, 1.165) is 38.5 Å². The third kappa shape index (κ3) is 4.55. The quantitative estimate of drug-likeness (QED) is 0.720. The molecule has 2 heteroatoms. The van der Waals surface area contributed by atoms with Crippen LogP contribution < -0.4 is 0 Å². The summed E-state index contributed by atoms with van der Waals surface area (Å²) in [6, 6.07) is 0. The minimum atomic E-state index is -0.180. The first-order chi connectivity index (χ1) is 10.9. The summed E-state index contributed by atoms with van der Waals surface area (Å²) in [6.45, 7) is 16.3. The average molecular weight is 339 g/mol. The highest BCUT2D eigenvalue weighted by atomic mass is 16.3. The molecule has 2 nitrogen and oxygen atoms in total. The van der Waals surface area contributed by atoms with E-state index in [-0.39, 0.29) is 12.2 Å². The first-order valence-electron chi connectivity index (χ1n) is 10.3. The average Bonchev–Trinajstić information content (AvgIpc) is 2.45. The summed E-state index contributed by atoms with van der Waals surface area (Å²) >= 11 is 0. The molecule has 2 rings (SSSR count). The van der Waals surface area contributed by atoms with Gasteiger partial charge in [0, 0.05) is 0 Å². The predicted molar refractivity (Wildman–Crippen MR) is 102 cm³/mol. The molecular formula is C22H42O2. The molecule has 0 saturated heterocycles. The van der Waals surface area contributed by atoms with Gasteiger partial charge in [0.2, 0.25) is 0 Å². The van der Waals surface area contributed by atoms with Gasteiger partial charge in [-0.1, -0.05) is 48.5 Å². The van der Waals surface area contributed by atoms with E-state index in [9.17, 15) is 10.2 Å². The van der Waals surface area contributed by atoms with Crippen LogP contribution in [0.2, 0.25) is 0 Å². The summed E-state index contributed by atoms with van der Waals surface area (Å²) in [5, 5.41) is 21.4. The summed E-state index contributed by atoms with van der Waals surface area (Å²) in [7, 11) is 0. The maximum Gasteiger partial charge on any atom is 0.0571 e. The lowest BCUT2D eigenvalue weighted by atomic mass is 9.59. The summed E-state index contributed by atoms with van der Waals surface area (Å²) in [5.41, 5.74) is 0.633. The maximum atomic E-state index is 10.7. The molecule has 0 aliphatic heterocycles. The zero-order valence-corrected chi connectivity index (χ0v) is 17.2. The molecule has 142 valence electrons. The summed E-state index contributed by atoms with van der Waals surface area (Å²) in [4.78, 5) is 0. The Morgan fingerprint density at radius 2 is 1.00 bits per heavy atom. The van der Waals surface area contributed by atoms with Crippen LogP contribution in [0.3, 0.4) is 0 Å². The maximum absolute atomic E-state index is 10.7. The van der Waals surface area contributed by atoms with Gasteiger partial charge in [-0.05, 0) is 78.9 Å². The molecule has 0 radical (unpaired) electrons. The van der Waals surface area contributed by atoms with Crippen LogP contribution in [-0.2, 0) is 0 Å². The Hall–Kier alpha value is -0.0800. The van der Waals surface area contributed by atoms with Crippen LogP contribution in [-0.4, -0.2) is 22.4 Å². The van der Waals surface area contributed by atoms with Crippen molar-refractivity contribution in [2.75, 3.05) is 0 Å². The Morgan fingerprint density at radius 3 is 1.29 bits per heavy atom. The van der Waals surface area contributed by atoms with Gasteiger partial charge in [0.05, 0.1) is 12.2 Å². The van der Waals surface area contributed by atoms with Crippen LogP contribution in [0.5, 0.6) is 0 Å². The molecule has 0 aromatic rings. The fourth-order valence-electron chi connectivity index (χ4n) is 5.40. The van der Waals surface area contributed by atoms with Crippen molar-refractivity contribution in [1.29, 1.82) is 0 Å². The fourth-order valence-corrected chi connectivity index (χ4v) is 5.40. The zero-order valence-electron chi connectivity index (χ0n) is 17.2. The van der Waals surface area contributed by atoms with Crippen LogP contribution in [0.4, 0.5) is 0 Å². The van der Waals surface area contributed by atoms with E-state index in [2.05, 4.69) is 48.5 Å². The third-order valence-corrected chi connectivity index (χ3v) is 7.52. The van der Waals surface area contributed by atoms with E-state index in [1.165, 1.54) is 0 Å². The first kappa shape index (κ1) is 20.2. The van der Waals surface area contributed by atoms with E-state index < -0.39 is 0 Å². The van der Waals surface area contributed by atoms with Gasteiger partial charge in [0.1, 0.15) is 0 Å². The zero-order chi connectivity index (χ0) is 18.3. The molecule has 6 atom stereocenters. The second-order valence-corrected chi connectivity index (χ2v) is 11.1. The van der Waals surface area contributed by atoms with Gasteiger partial charge in [0.15, 0.2) is 0 Å². The van der Waals surface area contributed by atoms with Gasteiger partial charge in [-0.3, -0.25) is 0 Å². The standard InChI is InChI=1S/C22H42O2/c1-14(17-12-15(21(2,3)4)8-10-19(17)23)18-13-16(22(5,6)7)9-11-20(18)24/h14-20,23-24H,8-13H2,1-7H3. The lowest BCUT2D eigenvalue weighted by molar-refractivity contribution is -0.0626. The van der Waals surface area contributed by atoms with Gasteiger partial charge in [-0.25, -0.2) is 0 Å². The van der Waals surface area contributed by atoms with E-state index >= 15 is 0 Å². The third-order valence-electron chi connectivity index (χ3n) is 7.52. The molecule has 2 N–H and O–H groups in total. The lowest BCUT2D eigenvalue weighted by Crippen LogP contribution is -2.44. The van der Waals surface area contributed by atoms with Crippen molar-refractivity contribution in [3.8, 4) is 0 Å². The minimum absolute atomic E-state index is 0.180. The highest BCUT2D eigenvalue weighted by molar-refractivity contribution is 4.94. The van der Waals surface area contributed by atoms with Crippen molar-refractivity contribution in [2.24, 2.45) is 40.4 Å². The van der Waals surface area contributed by atoms with E-state index in [1.54, 1.807) is 0 Å². The Labute approximate surface area is 150 Å². The summed E-state index contributed by atoms with van der Waals surface area (Å²) < 4.78 is 0. The minimum Gasteiger partial charge on any atom is -0.393 e. The highest BCUT2D eigenvalue weighted by Gasteiger charge is 2.44. The monoisotopic (exact) mass is 338 g/mol. The molecule has 2 aliphatic carbocycles. The molecule has 24 heavy (non-hydrogen) atoms. The first-order valence-corrected chi connectivity index (χ1v) is 10.3. The lowest BCUT2D eigenvalue weighted by Gasteiger charge is -2.48. The van der Waals surface area contributed by atoms with Crippen LogP contribution in [0.1, 0.15) is 87.0 Å². The summed E-state index contributed by atoms with van der Waals surface area (Å²) in [5.74, 6) is 2.48. The van der Waals surface area contributed by atoms with E-state index in [0.29, 0.717) is 40.4 Å². The Balaban J connectivity index is 2.11. The van der Waals surface area contributed by atoms with Crippen molar-refractivity contribution in [1.82, 2.24) is 0 Å².